The van der Waals surface area contributed by atoms with Crippen molar-refractivity contribution in [1.29, 1.82) is 0 Å². The van der Waals surface area contributed by atoms with Crippen LogP contribution in [0, 0.1) is 12.7 Å². The van der Waals surface area contributed by atoms with E-state index in [1.165, 1.54) is 25.1 Å². The zero-order valence-electron chi connectivity index (χ0n) is 17.4. The van der Waals surface area contributed by atoms with Crippen LogP contribution in [0.15, 0.2) is 71.6 Å². The molecule has 0 atom stereocenters. The molecule has 0 saturated heterocycles. The predicted molar refractivity (Wildman–Crippen MR) is 119 cm³/mol. The van der Waals surface area contributed by atoms with E-state index in [1.54, 1.807) is 43.3 Å². The van der Waals surface area contributed by atoms with Gasteiger partial charge in [0.15, 0.2) is 12.4 Å². The van der Waals surface area contributed by atoms with E-state index in [4.69, 9.17) is 4.74 Å². The Labute approximate surface area is 185 Å². The van der Waals surface area contributed by atoms with Gasteiger partial charge in [-0.25, -0.2) is 12.8 Å². The van der Waals surface area contributed by atoms with Gasteiger partial charge in [-0.05, 0) is 80.1 Å². The van der Waals surface area contributed by atoms with Crippen molar-refractivity contribution in [3.05, 3.63) is 83.7 Å². The Kier molecular flexibility index (Phi) is 6.89. The Bertz CT molecular complexity index is 1240. The van der Waals surface area contributed by atoms with Crippen molar-refractivity contribution in [2.45, 2.75) is 18.7 Å². The molecule has 0 fully saturated rings. The summed E-state index contributed by atoms with van der Waals surface area (Å²) in [5, 5.41) is 2.59. The van der Waals surface area contributed by atoms with Crippen LogP contribution in [-0.4, -0.2) is 26.7 Å². The molecule has 2 N–H and O–H groups in total. The number of carbonyl (C=O) groups excluding carboxylic acids is 2. The number of rotatable bonds is 8. The van der Waals surface area contributed by atoms with Crippen molar-refractivity contribution in [3.8, 4) is 5.75 Å². The summed E-state index contributed by atoms with van der Waals surface area (Å²) in [5.74, 6) is -0.626. The Morgan fingerprint density at radius 1 is 0.938 bits per heavy atom. The lowest BCUT2D eigenvalue weighted by atomic mass is 10.1. The van der Waals surface area contributed by atoms with Crippen LogP contribution in [0.4, 0.5) is 15.8 Å². The molecule has 0 aliphatic carbocycles. The summed E-state index contributed by atoms with van der Waals surface area (Å²) in [6.07, 6.45) is 0. The normalized spacial score (nSPS) is 11.0. The maximum absolute atomic E-state index is 13.1. The molecule has 0 spiro atoms. The Morgan fingerprint density at radius 2 is 1.56 bits per heavy atom. The summed E-state index contributed by atoms with van der Waals surface area (Å²) in [7, 11) is -3.96. The number of Topliss-reactive ketones (excluding diaryl/α,β-unsaturated/α-hetero) is 1. The molecule has 0 aromatic heterocycles. The van der Waals surface area contributed by atoms with Crippen LogP contribution >= 0.6 is 0 Å². The second-order valence-electron chi connectivity index (χ2n) is 7.01. The molecule has 32 heavy (non-hydrogen) atoms. The average Bonchev–Trinajstić information content (AvgIpc) is 2.75. The first-order chi connectivity index (χ1) is 15.1. The Balaban J connectivity index is 1.67. The standard InChI is InChI=1S/C23H21FN2O5S/c1-15-3-8-20(13-22(15)32(29,30)26-19-9-6-18(24)7-10-19)25-23(28)14-31-21-11-4-17(5-12-21)16(2)27/h3-13,26H,14H2,1-2H3,(H,25,28). The third-order valence-corrected chi connectivity index (χ3v) is 6.01. The molecule has 166 valence electrons. The van der Waals surface area contributed by atoms with Crippen LogP contribution in [0.5, 0.6) is 5.75 Å². The van der Waals surface area contributed by atoms with Crippen molar-refractivity contribution in [2.75, 3.05) is 16.6 Å². The Morgan fingerprint density at radius 3 is 2.19 bits per heavy atom. The summed E-state index contributed by atoms with van der Waals surface area (Å²) >= 11 is 0. The van der Waals surface area contributed by atoms with Gasteiger partial charge in [-0.2, -0.15) is 0 Å². The molecule has 0 heterocycles. The van der Waals surface area contributed by atoms with Gasteiger partial charge in [0.1, 0.15) is 11.6 Å². The molecule has 3 aromatic rings. The van der Waals surface area contributed by atoms with Crippen molar-refractivity contribution in [3.63, 3.8) is 0 Å². The molecular weight excluding hydrogens is 435 g/mol. The summed E-state index contributed by atoms with van der Waals surface area (Å²) in [6, 6.07) is 15.8. The van der Waals surface area contributed by atoms with E-state index in [-0.39, 0.29) is 28.7 Å². The molecule has 9 heteroatoms. The molecule has 7 nitrogen and oxygen atoms in total. The van der Waals surface area contributed by atoms with E-state index < -0.39 is 21.7 Å². The number of halogens is 1. The molecule has 0 aliphatic heterocycles. The van der Waals surface area contributed by atoms with Crippen LogP contribution in [0.3, 0.4) is 0 Å². The van der Waals surface area contributed by atoms with Gasteiger partial charge in [0.05, 0.1) is 4.90 Å². The minimum Gasteiger partial charge on any atom is -0.484 e. The summed E-state index contributed by atoms with van der Waals surface area (Å²) in [4.78, 5) is 23.5. The molecule has 0 saturated carbocycles. The molecular formula is C23H21FN2O5S. The number of aryl methyl sites for hydroxylation is 1. The summed E-state index contributed by atoms with van der Waals surface area (Å²) in [6.45, 7) is 2.77. The largest absolute Gasteiger partial charge is 0.484 e. The smallest absolute Gasteiger partial charge is 0.262 e. The highest BCUT2D eigenvalue weighted by atomic mass is 32.2. The number of hydrogen-bond donors (Lipinski definition) is 2. The number of benzene rings is 3. The average molecular weight is 456 g/mol. The zero-order valence-corrected chi connectivity index (χ0v) is 18.2. The first kappa shape index (κ1) is 23.0. The summed E-state index contributed by atoms with van der Waals surface area (Å²) in [5.41, 5.74) is 1.49. The van der Waals surface area contributed by atoms with Crippen LogP contribution in [0.1, 0.15) is 22.8 Å². The molecule has 0 unspecified atom stereocenters. The number of hydrogen-bond acceptors (Lipinski definition) is 5. The van der Waals surface area contributed by atoms with Crippen molar-refractivity contribution in [1.82, 2.24) is 0 Å². The SMILES string of the molecule is CC(=O)c1ccc(OCC(=O)Nc2ccc(C)c(S(=O)(=O)Nc3ccc(F)cc3)c2)cc1. The second-order valence-corrected chi connectivity index (χ2v) is 8.66. The van der Waals surface area contributed by atoms with Crippen molar-refractivity contribution < 1.29 is 27.1 Å². The Hall–Kier alpha value is -3.72. The fraction of sp³-hybridized carbons (Fsp3) is 0.130. The number of ether oxygens (including phenoxy) is 1. The van der Waals surface area contributed by atoms with Gasteiger partial charge >= 0.3 is 0 Å². The number of anilines is 2. The fourth-order valence-electron chi connectivity index (χ4n) is 2.83. The topological polar surface area (TPSA) is 102 Å². The third-order valence-electron chi connectivity index (χ3n) is 4.49. The maximum atomic E-state index is 13.1. The maximum Gasteiger partial charge on any atom is 0.262 e. The van der Waals surface area contributed by atoms with E-state index in [0.717, 1.165) is 12.1 Å². The monoisotopic (exact) mass is 456 g/mol. The van der Waals surface area contributed by atoms with Gasteiger partial charge in [-0.3, -0.25) is 14.3 Å². The van der Waals surface area contributed by atoms with Crippen molar-refractivity contribution in [2.24, 2.45) is 0 Å². The molecule has 3 rings (SSSR count). The van der Waals surface area contributed by atoms with E-state index in [1.807, 2.05) is 0 Å². The van der Waals surface area contributed by atoms with E-state index in [9.17, 15) is 22.4 Å². The number of carbonyl (C=O) groups is 2. The van der Waals surface area contributed by atoms with Crippen LogP contribution in [0.2, 0.25) is 0 Å². The minimum absolute atomic E-state index is 0.0274. The van der Waals surface area contributed by atoms with Crippen LogP contribution < -0.4 is 14.8 Å². The molecule has 0 bridgehead atoms. The lowest BCUT2D eigenvalue weighted by Gasteiger charge is -2.13. The number of nitrogens with one attached hydrogen (secondary N) is 2. The minimum atomic E-state index is -3.96. The number of ketones is 1. The summed E-state index contributed by atoms with van der Waals surface area (Å²) < 4.78 is 46.4. The van der Waals surface area contributed by atoms with Gasteiger partial charge in [-0.1, -0.05) is 6.07 Å². The zero-order chi connectivity index (χ0) is 23.3. The fourth-order valence-corrected chi connectivity index (χ4v) is 4.16. The number of amides is 1. The lowest BCUT2D eigenvalue weighted by Crippen LogP contribution is -2.21. The van der Waals surface area contributed by atoms with Crippen LogP contribution in [0.25, 0.3) is 0 Å². The number of sulfonamides is 1. The molecule has 3 aromatic carbocycles. The van der Waals surface area contributed by atoms with Crippen molar-refractivity contribution >= 4 is 33.1 Å². The van der Waals surface area contributed by atoms with Gasteiger partial charge in [-0.15, -0.1) is 0 Å². The van der Waals surface area contributed by atoms with Crippen LogP contribution in [-0.2, 0) is 14.8 Å². The van der Waals surface area contributed by atoms with Gasteiger partial charge in [0.25, 0.3) is 15.9 Å². The highest BCUT2D eigenvalue weighted by molar-refractivity contribution is 7.92. The first-order valence-electron chi connectivity index (χ1n) is 9.57. The molecule has 1 amide bonds. The predicted octanol–water partition coefficient (Wildman–Crippen LogP) is 4.16. The second kappa shape index (κ2) is 9.61. The molecule has 0 aliphatic rings. The molecule has 0 radical (unpaired) electrons. The van der Waals surface area contributed by atoms with E-state index >= 15 is 0 Å². The highest BCUT2D eigenvalue weighted by Crippen LogP contribution is 2.23. The third kappa shape index (κ3) is 5.92. The van der Waals surface area contributed by atoms with E-state index in [0.29, 0.717) is 16.9 Å². The highest BCUT2D eigenvalue weighted by Gasteiger charge is 2.18. The van der Waals surface area contributed by atoms with Gasteiger partial charge < -0.3 is 10.1 Å². The van der Waals surface area contributed by atoms with E-state index in [2.05, 4.69) is 10.0 Å². The first-order valence-corrected chi connectivity index (χ1v) is 11.0. The van der Waals surface area contributed by atoms with Gasteiger partial charge in [0.2, 0.25) is 0 Å². The van der Waals surface area contributed by atoms with Gasteiger partial charge in [0, 0.05) is 16.9 Å². The lowest BCUT2D eigenvalue weighted by molar-refractivity contribution is -0.118. The quantitative estimate of drug-likeness (QED) is 0.496.